The molecule has 2 aromatic rings. The van der Waals surface area contributed by atoms with E-state index in [1.54, 1.807) is 55.6 Å². The van der Waals surface area contributed by atoms with E-state index in [0.717, 1.165) is 5.75 Å². The number of para-hydroxylation sites is 1. The van der Waals surface area contributed by atoms with Gasteiger partial charge in [0.1, 0.15) is 23.9 Å². The average molecular weight is 307 g/mol. The van der Waals surface area contributed by atoms with Crippen molar-refractivity contribution < 1.29 is 17.9 Å². The highest BCUT2D eigenvalue weighted by molar-refractivity contribution is 7.92. The number of benzene rings is 2. The molecule has 1 N–H and O–H groups in total. The Labute approximate surface area is 124 Å². The first kappa shape index (κ1) is 15.2. The lowest BCUT2D eigenvalue weighted by Crippen LogP contribution is -2.21. The van der Waals surface area contributed by atoms with E-state index in [2.05, 4.69) is 4.72 Å². The fourth-order valence-electron chi connectivity index (χ4n) is 1.68. The zero-order chi connectivity index (χ0) is 15.1. The Kier molecular flexibility index (Phi) is 5.05. The number of hydrogen-bond acceptors (Lipinski definition) is 4. The van der Waals surface area contributed by atoms with Gasteiger partial charge in [0.25, 0.3) is 0 Å². The molecule has 21 heavy (non-hydrogen) atoms. The van der Waals surface area contributed by atoms with Gasteiger partial charge in [-0.15, -0.1) is 0 Å². The molecule has 0 bridgehead atoms. The normalized spacial score (nSPS) is 10.9. The van der Waals surface area contributed by atoms with Gasteiger partial charge >= 0.3 is 0 Å². The second-order valence-electron chi connectivity index (χ2n) is 4.31. The fourth-order valence-corrected chi connectivity index (χ4v) is 2.58. The summed E-state index contributed by atoms with van der Waals surface area (Å²) in [5.74, 6) is 1.21. The molecule has 0 radical (unpaired) electrons. The summed E-state index contributed by atoms with van der Waals surface area (Å²) >= 11 is 0. The number of sulfonamides is 1. The van der Waals surface area contributed by atoms with Crippen molar-refractivity contribution in [1.29, 1.82) is 0 Å². The molecule has 5 nitrogen and oxygen atoms in total. The van der Waals surface area contributed by atoms with Crippen molar-refractivity contribution in [3.8, 4) is 11.5 Å². The molecule has 6 heteroatoms. The molecule has 2 rings (SSSR count). The van der Waals surface area contributed by atoms with Crippen LogP contribution < -0.4 is 14.2 Å². The molecule has 0 heterocycles. The van der Waals surface area contributed by atoms with E-state index in [9.17, 15) is 8.42 Å². The molecule has 0 aliphatic rings. The maximum absolute atomic E-state index is 11.9. The molecule has 2 aromatic carbocycles. The summed E-state index contributed by atoms with van der Waals surface area (Å²) in [6.45, 7) is 0.0779. The number of ether oxygens (including phenoxy) is 2. The van der Waals surface area contributed by atoms with Crippen LogP contribution in [0.3, 0.4) is 0 Å². The third-order valence-corrected chi connectivity index (χ3v) is 3.98. The van der Waals surface area contributed by atoms with Crippen molar-refractivity contribution >= 4 is 15.7 Å². The minimum Gasteiger partial charge on any atom is -0.497 e. The molecule has 0 spiro atoms. The monoisotopic (exact) mass is 307 g/mol. The number of nitrogens with one attached hydrogen (secondary N) is 1. The second kappa shape index (κ2) is 6.99. The van der Waals surface area contributed by atoms with Crippen LogP contribution in [0.1, 0.15) is 0 Å². The van der Waals surface area contributed by atoms with Gasteiger partial charge in [-0.05, 0) is 36.4 Å². The molecule has 0 atom stereocenters. The Bertz CT molecular complexity index is 654. The number of hydrogen-bond donors (Lipinski definition) is 1. The van der Waals surface area contributed by atoms with Crippen LogP contribution >= 0.6 is 0 Å². The van der Waals surface area contributed by atoms with Crippen LogP contribution in [0.2, 0.25) is 0 Å². The fraction of sp³-hybridized carbons (Fsp3) is 0.200. The molecular weight excluding hydrogens is 290 g/mol. The average Bonchev–Trinajstić information content (AvgIpc) is 2.48. The molecule has 112 valence electrons. The predicted molar refractivity (Wildman–Crippen MR) is 82.3 cm³/mol. The van der Waals surface area contributed by atoms with E-state index in [1.165, 1.54) is 0 Å². The maximum Gasteiger partial charge on any atom is 0.236 e. The van der Waals surface area contributed by atoms with Crippen LogP contribution in [0.15, 0.2) is 54.6 Å². The lowest BCUT2D eigenvalue weighted by atomic mass is 10.3. The maximum atomic E-state index is 11.9. The van der Waals surface area contributed by atoms with E-state index >= 15 is 0 Å². The zero-order valence-corrected chi connectivity index (χ0v) is 12.5. The SMILES string of the molecule is COc1ccc(OCCS(=O)(=O)Nc2ccccc2)cc1. The van der Waals surface area contributed by atoms with Gasteiger partial charge in [-0.2, -0.15) is 0 Å². The first-order valence-corrected chi connectivity index (χ1v) is 8.07. The molecule has 0 fully saturated rings. The summed E-state index contributed by atoms with van der Waals surface area (Å²) in [4.78, 5) is 0. The van der Waals surface area contributed by atoms with Gasteiger partial charge in [0, 0.05) is 5.69 Å². The molecule has 0 amide bonds. The van der Waals surface area contributed by atoms with Crippen LogP contribution in [0.25, 0.3) is 0 Å². The Hall–Kier alpha value is -2.21. The van der Waals surface area contributed by atoms with Gasteiger partial charge in [0.2, 0.25) is 10.0 Å². The van der Waals surface area contributed by atoms with Crippen LogP contribution in [0, 0.1) is 0 Å². The summed E-state index contributed by atoms with van der Waals surface area (Å²) in [6, 6.07) is 15.7. The van der Waals surface area contributed by atoms with Crippen molar-refractivity contribution in [3.63, 3.8) is 0 Å². The number of rotatable bonds is 7. The lowest BCUT2D eigenvalue weighted by Gasteiger charge is -2.09. The molecule has 0 aliphatic heterocycles. The van der Waals surface area contributed by atoms with Gasteiger partial charge in [-0.1, -0.05) is 18.2 Å². The second-order valence-corrected chi connectivity index (χ2v) is 6.15. The molecule has 0 aliphatic carbocycles. The van der Waals surface area contributed by atoms with Crippen LogP contribution in [0.4, 0.5) is 5.69 Å². The summed E-state index contributed by atoms with van der Waals surface area (Å²) in [5, 5.41) is 0. The summed E-state index contributed by atoms with van der Waals surface area (Å²) in [5.41, 5.74) is 0.543. The minimum atomic E-state index is -3.42. The van der Waals surface area contributed by atoms with Crippen molar-refractivity contribution in [2.24, 2.45) is 0 Å². The van der Waals surface area contributed by atoms with Crippen molar-refractivity contribution in [1.82, 2.24) is 0 Å². The minimum absolute atomic E-state index is 0.0779. The predicted octanol–water partition coefficient (Wildman–Crippen LogP) is 2.52. The molecule has 0 saturated heterocycles. The Morgan fingerprint density at radius 2 is 1.57 bits per heavy atom. The van der Waals surface area contributed by atoms with Crippen molar-refractivity contribution in [3.05, 3.63) is 54.6 Å². The molecule has 0 aromatic heterocycles. The smallest absolute Gasteiger partial charge is 0.236 e. The van der Waals surface area contributed by atoms with E-state index in [0.29, 0.717) is 11.4 Å². The highest BCUT2D eigenvalue weighted by atomic mass is 32.2. The highest BCUT2D eigenvalue weighted by Crippen LogP contribution is 2.17. The van der Waals surface area contributed by atoms with E-state index in [4.69, 9.17) is 9.47 Å². The van der Waals surface area contributed by atoms with Crippen molar-refractivity contribution in [2.75, 3.05) is 24.2 Å². The topological polar surface area (TPSA) is 64.6 Å². The summed E-state index contributed by atoms with van der Waals surface area (Å²) in [7, 11) is -1.84. The zero-order valence-electron chi connectivity index (χ0n) is 11.7. The van der Waals surface area contributed by atoms with Gasteiger partial charge < -0.3 is 9.47 Å². The molecule has 0 unspecified atom stereocenters. The number of methoxy groups -OCH3 is 1. The van der Waals surface area contributed by atoms with Gasteiger partial charge in [0.15, 0.2) is 0 Å². The standard InChI is InChI=1S/C15H17NO4S/c1-19-14-7-9-15(10-8-14)20-11-12-21(17,18)16-13-5-3-2-4-6-13/h2-10,16H,11-12H2,1H3. The third kappa shape index (κ3) is 5.00. The number of anilines is 1. The molecule has 0 saturated carbocycles. The van der Waals surface area contributed by atoms with Gasteiger partial charge in [0.05, 0.1) is 7.11 Å². The van der Waals surface area contributed by atoms with Crippen LogP contribution in [0.5, 0.6) is 11.5 Å². The van der Waals surface area contributed by atoms with Gasteiger partial charge in [-0.25, -0.2) is 8.42 Å². The lowest BCUT2D eigenvalue weighted by molar-refractivity contribution is 0.340. The van der Waals surface area contributed by atoms with Crippen LogP contribution in [-0.2, 0) is 10.0 Å². The third-order valence-electron chi connectivity index (χ3n) is 2.73. The largest absolute Gasteiger partial charge is 0.497 e. The summed E-state index contributed by atoms with van der Waals surface area (Å²) in [6.07, 6.45) is 0. The van der Waals surface area contributed by atoms with Crippen molar-refractivity contribution in [2.45, 2.75) is 0 Å². The molecular formula is C15H17NO4S. The van der Waals surface area contributed by atoms with E-state index in [-0.39, 0.29) is 12.4 Å². The van der Waals surface area contributed by atoms with E-state index < -0.39 is 10.0 Å². The Balaban J connectivity index is 1.84. The van der Waals surface area contributed by atoms with E-state index in [1.807, 2.05) is 6.07 Å². The Morgan fingerprint density at radius 1 is 0.952 bits per heavy atom. The Morgan fingerprint density at radius 3 is 2.19 bits per heavy atom. The highest BCUT2D eigenvalue weighted by Gasteiger charge is 2.10. The van der Waals surface area contributed by atoms with Crippen LogP contribution in [-0.4, -0.2) is 27.9 Å². The first-order chi connectivity index (χ1) is 10.1. The quantitative estimate of drug-likeness (QED) is 0.853. The first-order valence-electron chi connectivity index (χ1n) is 6.41. The van der Waals surface area contributed by atoms with Gasteiger partial charge in [-0.3, -0.25) is 4.72 Å². The summed E-state index contributed by atoms with van der Waals surface area (Å²) < 4.78 is 36.7.